The van der Waals surface area contributed by atoms with Crippen molar-refractivity contribution in [3.8, 4) is 0 Å². The van der Waals surface area contributed by atoms with Crippen molar-refractivity contribution in [3.63, 3.8) is 0 Å². The van der Waals surface area contributed by atoms with Gasteiger partial charge in [0.15, 0.2) is 0 Å². The van der Waals surface area contributed by atoms with E-state index in [1.54, 1.807) is 0 Å². The van der Waals surface area contributed by atoms with Gasteiger partial charge in [0, 0.05) is 0 Å². The molecule has 20 heavy (non-hydrogen) atoms. The first-order valence-electron chi connectivity index (χ1n) is 8.17. The highest BCUT2D eigenvalue weighted by atomic mass is 16.3. The van der Waals surface area contributed by atoms with Gasteiger partial charge in [-0.2, -0.15) is 0 Å². The van der Waals surface area contributed by atoms with E-state index in [1.807, 2.05) is 0 Å². The summed E-state index contributed by atoms with van der Waals surface area (Å²) in [5, 5.41) is 10.2. The van der Waals surface area contributed by atoms with Crippen LogP contribution in [0.15, 0.2) is 24.3 Å². The van der Waals surface area contributed by atoms with Crippen molar-refractivity contribution in [2.45, 2.75) is 71.3 Å². The van der Waals surface area contributed by atoms with Gasteiger partial charge in [0.25, 0.3) is 0 Å². The van der Waals surface area contributed by atoms with E-state index in [0.29, 0.717) is 5.92 Å². The Balaban J connectivity index is 2.02. The van der Waals surface area contributed by atoms with E-state index in [0.717, 1.165) is 18.8 Å². The molecular weight excluding hydrogens is 244 g/mol. The predicted octanol–water partition coefficient (Wildman–Crippen LogP) is 4.71. The Labute approximate surface area is 124 Å². The number of aliphatic hydroxyl groups excluding tert-OH is 1. The largest absolute Gasteiger partial charge is 0.393 e. The van der Waals surface area contributed by atoms with E-state index < -0.39 is 0 Å². The SMILES string of the molecule is CCC1CCC(O)C(Cc2ccc(C(C)(C)C)cc2)C1. The second-order valence-electron chi connectivity index (χ2n) is 7.57. The number of rotatable bonds is 3. The van der Waals surface area contributed by atoms with Crippen molar-refractivity contribution in [2.75, 3.05) is 0 Å². The number of hydrogen-bond donors (Lipinski definition) is 1. The maximum Gasteiger partial charge on any atom is 0.0571 e. The monoisotopic (exact) mass is 274 g/mol. The summed E-state index contributed by atoms with van der Waals surface area (Å²) in [4.78, 5) is 0. The molecule has 3 atom stereocenters. The number of benzene rings is 1. The quantitative estimate of drug-likeness (QED) is 0.846. The molecule has 0 bridgehead atoms. The molecule has 0 saturated heterocycles. The van der Waals surface area contributed by atoms with E-state index in [9.17, 15) is 5.11 Å². The molecule has 0 amide bonds. The summed E-state index contributed by atoms with van der Waals surface area (Å²) in [6.07, 6.45) is 5.58. The first-order valence-corrected chi connectivity index (χ1v) is 8.17. The third-order valence-corrected chi connectivity index (χ3v) is 4.95. The Bertz CT molecular complexity index is 412. The normalized spacial score (nSPS) is 27.6. The van der Waals surface area contributed by atoms with Crippen molar-refractivity contribution < 1.29 is 5.11 Å². The zero-order chi connectivity index (χ0) is 14.8. The van der Waals surface area contributed by atoms with Crippen molar-refractivity contribution in [1.29, 1.82) is 0 Å². The van der Waals surface area contributed by atoms with Gasteiger partial charge in [0.05, 0.1) is 6.10 Å². The fourth-order valence-corrected chi connectivity index (χ4v) is 3.38. The van der Waals surface area contributed by atoms with Crippen LogP contribution in [0.2, 0.25) is 0 Å². The van der Waals surface area contributed by atoms with Crippen molar-refractivity contribution >= 4 is 0 Å². The van der Waals surface area contributed by atoms with E-state index in [-0.39, 0.29) is 11.5 Å². The van der Waals surface area contributed by atoms with Gasteiger partial charge in [0.2, 0.25) is 0 Å². The molecule has 0 radical (unpaired) electrons. The molecule has 1 aromatic carbocycles. The molecule has 0 aliphatic heterocycles. The van der Waals surface area contributed by atoms with Crippen molar-refractivity contribution in [2.24, 2.45) is 11.8 Å². The fraction of sp³-hybridized carbons (Fsp3) is 0.684. The lowest BCUT2D eigenvalue weighted by molar-refractivity contribution is 0.0475. The highest BCUT2D eigenvalue weighted by Gasteiger charge is 2.28. The van der Waals surface area contributed by atoms with Crippen LogP contribution in [0.4, 0.5) is 0 Å². The van der Waals surface area contributed by atoms with Crippen LogP contribution < -0.4 is 0 Å². The average Bonchev–Trinajstić information content (AvgIpc) is 2.41. The Kier molecular flexibility index (Phi) is 4.90. The van der Waals surface area contributed by atoms with Crippen LogP contribution in [0.25, 0.3) is 0 Å². The third kappa shape index (κ3) is 3.85. The minimum Gasteiger partial charge on any atom is -0.393 e. The minimum absolute atomic E-state index is 0.0971. The van der Waals surface area contributed by atoms with E-state index in [2.05, 4.69) is 52.0 Å². The van der Waals surface area contributed by atoms with Gasteiger partial charge in [-0.15, -0.1) is 0 Å². The van der Waals surface area contributed by atoms with Crippen LogP contribution in [-0.2, 0) is 11.8 Å². The van der Waals surface area contributed by atoms with Gasteiger partial charge >= 0.3 is 0 Å². The van der Waals surface area contributed by atoms with Crippen LogP contribution in [0.3, 0.4) is 0 Å². The summed E-state index contributed by atoms with van der Waals surface area (Å²) in [5.41, 5.74) is 2.98. The Hall–Kier alpha value is -0.820. The van der Waals surface area contributed by atoms with Gasteiger partial charge < -0.3 is 5.11 Å². The maximum atomic E-state index is 10.2. The lowest BCUT2D eigenvalue weighted by Crippen LogP contribution is -2.30. The van der Waals surface area contributed by atoms with Crippen LogP contribution in [0.1, 0.15) is 64.5 Å². The third-order valence-electron chi connectivity index (χ3n) is 4.95. The summed E-state index contributed by atoms with van der Waals surface area (Å²) in [6, 6.07) is 9.01. The van der Waals surface area contributed by atoms with Crippen molar-refractivity contribution in [3.05, 3.63) is 35.4 Å². The van der Waals surface area contributed by atoms with Gasteiger partial charge in [-0.1, -0.05) is 58.4 Å². The Morgan fingerprint density at radius 2 is 1.75 bits per heavy atom. The maximum absolute atomic E-state index is 10.2. The van der Waals surface area contributed by atoms with Crippen LogP contribution in [-0.4, -0.2) is 11.2 Å². The molecule has 1 nitrogen and oxygen atoms in total. The highest BCUT2D eigenvalue weighted by Crippen LogP contribution is 2.33. The highest BCUT2D eigenvalue weighted by molar-refractivity contribution is 5.27. The molecule has 1 aliphatic carbocycles. The summed E-state index contributed by atoms with van der Waals surface area (Å²) < 4.78 is 0. The molecule has 2 rings (SSSR count). The van der Waals surface area contributed by atoms with E-state index >= 15 is 0 Å². The van der Waals surface area contributed by atoms with Crippen LogP contribution in [0, 0.1) is 11.8 Å². The Morgan fingerprint density at radius 3 is 2.30 bits per heavy atom. The van der Waals surface area contributed by atoms with Gasteiger partial charge in [-0.3, -0.25) is 0 Å². The van der Waals surface area contributed by atoms with Crippen LogP contribution >= 0.6 is 0 Å². The van der Waals surface area contributed by atoms with Gasteiger partial charge in [-0.05, 0) is 54.1 Å². The smallest absolute Gasteiger partial charge is 0.0571 e. The second-order valence-corrected chi connectivity index (χ2v) is 7.57. The fourth-order valence-electron chi connectivity index (χ4n) is 3.38. The first-order chi connectivity index (χ1) is 9.40. The molecule has 1 N–H and O–H groups in total. The van der Waals surface area contributed by atoms with Gasteiger partial charge in [0.1, 0.15) is 0 Å². The molecule has 1 aromatic rings. The van der Waals surface area contributed by atoms with E-state index in [1.165, 1.54) is 30.4 Å². The molecule has 3 unspecified atom stereocenters. The van der Waals surface area contributed by atoms with Gasteiger partial charge in [-0.25, -0.2) is 0 Å². The molecular formula is C19H30O. The summed E-state index contributed by atoms with van der Waals surface area (Å²) in [5.74, 6) is 1.27. The topological polar surface area (TPSA) is 20.2 Å². The number of hydrogen-bond acceptors (Lipinski definition) is 1. The number of aliphatic hydroxyl groups is 1. The van der Waals surface area contributed by atoms with Crippen LogP contribution in [0.5, 0.6) is 0 Å². The lowest BCUT2D eigenvalue weighted by Gasteiger charge is -2.33. The first kappa shape index (κ1) is 15.6. The summed E-state index contributed by atoms with van der Waals surface area (Å²) in [7, 11) is 0. The average molecular weight is 274 g/mol. The molecule has 0 aromatic heterocycles. The molecule has 1 saturated carbocycles. The summed E-state index contributed by atoms with van der Waals surface area (Å²) >= 11 is 0. The van der Waals surface area contributed by atoms with Crippen molar-refractivity contribution in [1.82, 2.24) is 0 Å². The molecule has 1 fully saturated rings. The molecule has 1 heteroatoms. The zero-order valence-corrected chi connectivity index (χ0v) is 13.5. The molecule has 1 aliphatic rings. The molecule has 0 heterocycles. The molecule has 0 spiro atoms. The summed E-state index contributed by atoms with van der Waals surface area (Å²) in [6.45, 7) is 9.02. The second kappa shape index (κ2) is 6.30. The lowest BCUT2D eigenvalue weighted by atomic mass is 9.75. The van der Waals surface area contributed by atoms with E-state index in [4.69, 9.17) is 0 Å². The predicted molar refractivity (Wildman–Crippen MR) is 86.0 cm³/mol. The minimum atomic E-state index is -0.0971. The molecule has 112 valence electrons. The Morgan fingerprint density at radius 1 is 1.10 bits per heavy atom. The standard InChI is InChI=1S/C19H30O/c1-5-14-8-11-18(20)16(12-14)13-15-6-9-17(10-7-15)19(2,3)4/h6-7,9-10,14,16,18,20H,5,8,11-13H2,1-4H3. The zero-order valence-electron chi connectivity index (χ0n) is 13.5.